The normalized spacial score (nSPS) is 13.2. The van der Waals surface area contributed by atoms with Gasteiger partial charge in [-0.2, -0.15) is 4.98 Å². The van der Waals surface area contributed by atoms with Crippen LogP contribution < -0.4 is 0 Å². The maximum Gasteiger partial charge on any atom is 0.377 e. The second kappa shape index (κ2) is 3.55. The summed E-state index contributed by atoms with van der Waals surface area (Å²) in [6.45, 7) is 5.94. The number of nitrogens with zero attached hydrogens (tertiary/aromatic N) is 2. The van der Waals surface area contributed by atoms with E-state index < -0.39 is 5.97 Å². The molecule has 0 bridgehead atoms. The molecule has 1 aromatic heterocycles. The fraction of sp³-hybridized carbons (Fsp3) is 0.625. The lowest BCUT2D eigenvalue weighted by atomic mass is 9.98. The average Bonchev–Trinajstić information content (AvgIpc) is 2.50. The van der Waals surface area contributed by atoms with Crippen LogP contribution in [0.4, 0.5) is 0 Å². The molecule has 0 aliphatic heterocycles. The summed E-state index contributed by atoms with van der Waals surface area (Å²) in [5, 5.41) is 11.9. The molecule has 0 amide bonds. The zero-order valence-corrected chi connectivity index (χ0v) is 7.81. The molecule has 0 spiro atoms. The molecule has 0 saturated heterocycles. The van der Waals surface area contributed by atoms with E-state index in [2.05, 4.69) is 10.1 Å². The minimum atomic E-state index is -1.16. The number of aromatic carboxylic acids is 1. The van der Waals surface area contributed by atoms with E-state index in [1.165, 1.54) is 0 Å². The first-order valence-electron chi connectivity index (χ1n) is 4.09. The van der Waals surface area contributed by atoms with Gasteiger partial charge in [0.2, 0.25) is 5.89 Å². The Morgan fingerprint density at radius 2 is 2.08 bits per heavy atom. The second-order valence-corrected chi connectivity index (χ2v) is 3.29. The quantitative estimate of drug-likeness (QED) is 0.770. The van der Waals surface area contributed by atoms with E-state index in [1.54, 1.807) is 0 Å². The maximum absolute atomic E-state index is 10.4. The van der Waals surface area contributed by atoms with Crippen LogP contribution in [0.15, 0.2) is 4.52 Å². The molecule has 0 aliphatic carbocycles. The Kier molecular flexibility index (Phi) is 2.65. The van der Waals surface area contributed by atoms with Gasteiger partial charge in [0.05, 0.1) is 0 Å². The van der Waals surface area contributed by atoms with E-state index in [0.29, 0.717) is 11.8 Å². The first kappa shape index (κ1) is 9.70. The van der Waals surface area contributed by atoms with Crippen molar-refractivity contribution in [3.63, 3.8) is 0 Å². The van der Waals surface area contributed by atoms with E-state index in [1.807, 2.05) is 20.8 Å². The molecule has 72 valence electrons. The molecule has 5 heteroatoms. The molecule has 0 aliphatic rings. The summed E-state index contributed by atoms with van der Waals surface area (Å²) in [7, 11) is 0. The van der Waals surface area contributed by atoms with Gasteiger partial charge in [0.1, 0.15) is 0 Å². The third-order valence-electron chi connectivity index (χ3n) is 2.02. The largest absolute Gasteiger partial charge is 0.475 e. The topological polar surface area (TPSA) is 76.2 Å². The van der Waals surface area contributed by atoms with Gasteiger partial charge < -0.3 is 9.63 Å². The van der Waals surface area contributed by atoms with Crippen molar-refractivity contribution in [3.05, 3.63) is 11.7 Å². The van der Waals surface area contributed by atoms with Gasteiger partial charge >= 0.3 is 5.97 Å². The SMILES string of the molecule is CC(C)C(C)c1nc(C(=O)O)no1. The smallest absolute Gasteiger partial charge is 0.377 e. The van der Waals surface area contributed by atoms with Crippen molar-refractivity contribution in [1.29, 1.82) is 0 Å². The summed E-state index contributed by atoms with van der Waals surface area (Å²) in [4.78, 5) is 14.2. The van der Waals surface area contributed by atoms with Crippen molar-refractivity contribution >= 4 is 5.97 Å². The molecule has 1 heterocycles. The predicted octanol–water partition coefficient (Wildman–Crippen LogP) is 1.53. The van der Waals surface area contributed by atoms with E-state index >= 15 is 0 Å². The molecular formula is C8H12N2O3. The first-order valence-corrected chi connectivity index (χ1v) is 4.09. The Hall–Kier alpha value is -1.39. The van der Waals surface area contributed by atoms with Crippen molar-refractivity contribution in [3.8, 4) is 0 Å². The number of hydrogen-bond acceptors (Lipinski definition) is 4. The minimum absolute atomic E-state index is 0.0839. The Morgan fingerprint density at radius 1 is 1.46 bits per heavy atom. The lowest BCUT2D eigenvalue weighted by Gasteiger charge is -2.08. The Labute approximate surface area is 75.8 Å². The van der Waals surface area contributed by atoms with E-state index in [0.717, 1.165) is 0 Å². The van der Waals surface area contributed by atoms with Gasteiger partial charge in [0.25, 0.3) is 5.82 Å². The summed E-state index contributed by atoms with van der Waals surface area (Å²) < 4.78 is 4.81. The Bertz CT molecular complexity index is 306. The van der Waals surface area contributed by atoms with Gasteiger partial charge in [-0.3, -0.25) is 0 Å². The van der Waals surface area contributed by atoms with Gasteiger partial charge in [-0.15, -0.1) is 0 Å². The van der Waals surface area contributed by atoms with Crippen LogP contribution in [0.25, 0.3) is 0 Å². The monoisotopic (exact) mass is 184 g/mol. The molecule has 1 aromatic rings. The average molecular weight is 184 g/mol. The number of rotatable bonds is 3. The molecule has 1 unspecified atom stereocenters. The molecule has 13 heavy (non-hydrogen) atoms. The van der Waals surface area contributed by atoms with Gasteiger partial charge in [-0.05, 0) is 11.1 Å². The van der Waals surface area contributed by atoms with E-state index in [-0.39, 0.29) is 11.7 Å². The van der Waals surface area contributed by atoms with Crippen LogP contribution in [0.2, 0.25) is 0 Å². The molecule has 0 aromatic carbocycles. The molecular weight excluding hydrogens is 172 g/mol. The molecule has 1 atom stereocenters. The number of carboxylic acids is 1. The Morgan fingerprint density at radius 3 is 2.46 bits per heavy atom. The van der Waals surface area contributed by atoms with Crippen molar-refractivity contribution in [2.24, 2.45) is 5.92 Å². The molecule has 0 radical (unpaired) electrons. The van der Waals surface area contributed by atoms with Crippen molar-refractivity contribution in [2.75, 3.05) is 0 Å². The van der Waals surface area contributed by atoms with Gasteiger partial charge in [0.15, 0.2) is 0 Å². The summed E-state index contributed by atoms with van der Waals surface area (Å²) in [5.41, 5.74) is 0. The minimum Gasteiger partial charge on any atom is -0.475 e. The summed E-state index contributed by atoms with van der Waals surface area (Å²) in [6, 6.07) is 0. The highest BCUT2D eigenvalue weighted by Gasteiger charge is 2.19. The van der Waals surface area contributed by atoms with Crippen LogP contribution in [0.1, 0.15) is 43.2 Å². The van der Waals surface area contributed by atoms with Crippen molar-refractivity contribution in [2.45, 2.75) is 26.7 Å². The lowest BCUT2D eigenvalue weighted by molar-refractivity contribution is 0.0680. The molecule has 1 N–H and O–H groups in total. The zero-order valence-electron chi connectivity index (χ0n) is 7.81. The highest BCUT2D eigenvalue weighted by atomic mass is 16.5. The van der Waals surface area contributed by atoms with Gasteiger partial charge in [0, 0.05) is 5.92 Å². The van der Waals surface area contributed by atoms with Gasteiger partial charge in [-0.25, -0.2) is 4.79 Å². The molecule has 5 nitrogen and oxygen atoms in total. The molecule has 0 saturated carbocycles. The van der Waals surface area contributed by atoms with E-state index in [4.69, 9.17) is 9.63 Å². The maximum atomic E-state index is 10.4. The number of aromatic nitrogens is 2. The number of carboxylic acid groups (broad SMARTS) is 1. The zero-order chi connectivity index (χ0) is 10.0. The highest BCUT2D eigenvalue weighted by molar-refractivity contribution is 5.82. The highest BCUT2D eigenvalue weighted by Crippen LogP contribution is 2.21. The van der Waals surface area contributed by atoms with Crippen LogP contribution in [0.5, 0.6) is 0 Å². The van der Waals surface area contributed by atoms with Crippen molar-refractivity contribution in [1.82, 2.24) is 10.1 Å². The van der Waals surface area contributed by atoms with Crippen LogP contribution in [0, 0.1) is 5.92 Å². The van der Waals surface area contributed by atoms with Crippen LogP contribution in [-0.4, -0.2) is 21.2 Å². The van der Waals surface area contributed by atoms with Crippen LogP contribution >= 0.6 is 0 Å². The first-order chi connectivity index (χ1) is 6.02. The van der Waals surface area contributed by atoms with Crippen LogP contribution in [-0.2, 0) is 0 Å². The Balaban J connectivity index is 2.85. The second-order valence-electron chi connectivity index (χ2n) is 3.29. The summed E-state index contributed by atoms with van der Waals surface area (Å²) >= 11 is 0. The summed E-state index contributed by atoms with van der Waals surface area (Å²) in [5.74, 6) is -0.622. The predicted molar refractivity (Wildman–Crippen MR) is 44.5 cm³/mol. The van der Waals surface area contributed by atoms with Crippen molar-refractivity contribution < 1.29 is 14.4 Å². The molecule has 0 fully saturated rings. The van der Waals surface area contributed by atoms with Gasteiger partial charge in [-0.1, -0.05) is 20.8 Å². The van der Waals surface area contributed by atoms with Crippen LogP contribution in [0.3, 0.4) is 0 Å². The van der Waals surface area contributed by atoms with E-state index in [9.17, 15) is 4.79 Å². The standard InChI is InChI=1S/C8H12N2O3/c1-4(2)5(3)7-9-6(8(11)12)10-13-7/h4-5H,1-3H3,(H,11,12). The third kappa shape index (κ3) is 2.05. The fourth-order valence-corrected chi connectivity index (χ4v) is 0.792. The lowest BCUT2D eigenvalue weighted by Crippen LogP contribution is -2.04. The number of hydrogen-bond donors (Lipinski definition) is 1. The summed E-state index contributed by atoms with van der Waals surface area (Å²) in [6.07, 6.45) is 0. The third-order valence-corrected chi connectivity index (χ3v) is 2.02. The fourth-order valence-electron chi connectivity index (χ4n) is 0.792. The molecule has 1 rings (SSSR count). The number of carbonyl (C=O) groups is 1.